The van der Waals surface area contributed by atoms with E-state index in [-0.39, 0.29) is 11.0 Å². The second-order valence-corrected chi connectivity index (χ2v) is 7.42. The van der Waals surface area contributed by atoms with Gasteiger partial charge in [0.2, 0.25) is 0 Å². The number of rotatable bonds is 3. The number of aromatic nitrogens is 2. The Labute approximate surface area is 109 Å². The predicted molar refractivity (Wildman–Crippen MR) is 71.0 cm³/mol. The molecule has 102 valence electrons. The van der Waals surface area contributed by atoms with Crippen molar-refractivity contribution in [2.24, 2.45) is 0 Å². The Morgan fingerprint density at radius 3 is 2.94 bits per heavy atom. The van der Waals surface area contributed by atoms with Crippen LogP contribution in [0.3, 0.4) is 0 Å². The SMILES string of the molecule is CCn1nccc1CN1CC[C@H](C)S(=O)(=O)CC1. The van der Waals surface area contributed by atoms with E-state index < -0.39 is 9.84 Å². The Kier molecular flexibility index (Phi) is 4.07. The van der Waals surface area contributed by atoms with Crippen LogP contribution < -0.4 is 0 Å². The summed E-state index contributed by atoms with van der Waals surface area (Å²) in [4.78, 5) is 2.21. The first-order chi connectivity index (χ1) is 8.53. The lowest BCUT2D eigenvalue weighted by molar-refractivity contribution is 0.274. The van der Waals surface area contributed by atoms with Crippen LogP contribution in [0.5, 0.6) is 0 Å². The van der Waals surface area contributed by atoms with Gasteiger partial charge in [0.05, 0.1) is 16.7 Å². The van der Waals surface area contributed by atoms with Gasteiger partial charge in [0, 0.05) is 25.8 Å². The summed E-state index contributed by atoms with van der Waals surface area (Å²) in [6.45, 7) is 6.98. The molecule has 2 heterocycles. The standard InChI is InChI=1S/C12H21N3O2S/c1-3-15-12(4-6-13-15)10-14-7-5-11(2)18(16,17)9-8-14/h4,6,11H,3,5,7-10H2,1-2H3/t11-/m0/s1. The van der Waals surface area contributed by atoms with Crippen molar-refractivity contribution < 1.29 is 8.42 Å². The molecule has 1 aromatic rings. The number of hydrogen-bond acceptors (Lipinski definition) is 4. The monoisotopic (exact) mass is 271 g/mol. The fourth-order valence-electron chi connectivity index (χ4n) is 2.28. The molecular formula is C12H21N3O2S. The molecule has 0 unspecified atom stereocenters. The van der Waals surface area contributed by atoms with Crippen LogP contribution in [-0.4, -0.2) is 47.2 Å². The molecule has 5 nitrogen and oxygen atoms in total. The molecule has 1 fully saturated rings. The zero-order valence-electron chi connectivity index (χ0n) is 11.0. The summed E-state index contributed by atoms with van der Waals surface area (Å²) in [5.41, 5.74) is 1.16. The summed E-state index contributed by atoms with van der Waals surface area (Å²) >= 11 is 0. The largest absolute Gasteiger partial charge is 0.296 e. The number of sulfone groups is 1. The average Bonchev–Trinajstić information content (AvgIpc) is 2.74. The predicted octanol–water partition coefficient (Wildman–Crippen LogP) is 0.912. The maximum absolute atomic E-state index is 11.8. The summed E-state index contributed by atoms with van der Waals surface area (Å²) in [6.07, 6.45) is 2.53. The second kappa shape index (κ2) is 5.40. The molecular weight excluding hydrogens is 250 g/mol. The maximum atomic E-state index is 11.8. The topological polar surface area (TPSA) is 55.2 Å². The molecule has 1 saturated heterocycles. The summed E-state index contributed by atoms with van der Waals surface area (Å²) in [5.74, 6) is 0.272. The molecule has 0 amide bonds. The summed E-state index contributed by atoms with van der Waals surface area (Å²) in [7, 11) is -2.89. The van der Waals surface area contributed by atoms with Gasteiger partial charge in [-0.05, 0) is 32.9 Å². The zero-order valence-corrected chi connectivity index (χ0v) is 11.9. The molecule has 6 heteroatoms. The van der Waals surface area contributed by atoms with Crippen molar-refractivity contribution in [2.45, 2.75) is 38.6 Å². The molecule has 1 aliphatic rings. The number of hydrogen-bond donors (Lipinski definition) is 0. The van der Waals surface area contributed by atoms with E-state index in [4.69, 9.17) is 0 Å². The van der Waals surface area contributed by atoms with E-state index in [2.05, 4.69) is 16.9 Å². The molecule has 0 saturated carbocycles. The van der Waals surface area contributed by atoms with Gasteiger partial charge in [-0.15, -0.1) is 0 Å². The van der Waals surface area contributed by atoms with Crippen molar-refractivity contribution in [1.82, 2.24) is 14.7 Å². The highest BCUT2D eigenvalue weighted by atomic mass is 32.2. The summed E-state index contributed by atoms with van der Waals surface area (Å²) in [5, 5.41) is 4.03. The van der Waals surface area contributed by atoms with Crippen LogP contribution >= 0.6 is 0 Å². The molecule has 2 rings (SSSR count). The molecule has 1 atom stereocenters. The van der Waals surface area contributed by atoms with Crippen LogP contribution in [0.2, 0.25) is 0 Å². The van der Waals surface area contributed by atoms with Crippen molar-refractivity contribution in [3.8, 4) is 0 Å². The minimum absolute atomic E-state index is 0.210. The van der Waals surface area contributed by atoms with Crippen molar-refractivity contribution in [1.29, 1.82) is 0 Å². The molecule has 0 aromatic carbocycles. The first-order valence-corrected chi connectivity index (χ1v) is 8.19. The molecule has 18 heavy (non-hydrogen) atoms. The third kappa shape index (κ3) is 2.92. The number of aryl methyl sites for hydroxylation is 1. The van der Waals surface area contributed by atoms with Crippen LogP contribution in [0, 0.1) is 0 Å². The Bertz CT molecular complexity index is 495. The third-order valence-corrected chi connectivity index (χ3v) is 5.86. The van der Waals surface area contributed by atoms with E-state index in [0.717, 1.165) is 31.7 Å². The molecule has 1 aromatic heterocycles. The molecule has 0 spiro atoms. The van der Waals surface area contributed by atoms with Gasteiger partial charge in [-0.1, -0.05) is 0 Å². The minimum Gasteiger partial charge on any atom is -0.296 e. The molecule has 0 radical (unpaired) electrons. The van der Waals surface area contributed by atoms with E-state index in [1.807, 2.05) is 17.7 Å². The van der Waals surface area contributed by atoms with Gasteiger partial charge in [-0.2, -0.15) is 5.10 Å². The Morgan fingerprint density at radius 2 is 2.22 bits per heavy atom. The third-order valence-electron chi connectivity index (χ3n) is 3.65. The summed E-state index contributed by atoms with van der Waals surface area (Å²) in [6, 6.07) is 2.01. The normalized spacial score (nSPS) is 24.9. The van der Waals surface area contributed by atoms with Gasteiger partial charge in [-0.25, -0.2) is 8.42 Å². The van der Waals surface area contributed by atoms with Crippen LogP contribution in [-0.2, 0) is 22.9 Å². The highest BCUT2D eigenvalue weighted by molar-refractivity contribution is 7.92. The average molecular weight is 271 g/mol. The fourth-order valence-corrected chi connectivity index (χ4v) is 3.66. The summed E-state index contributed by atoms with van der Waals surface area (Å²) < 4.78 is 25.6. The highest BCUT2D eigenvalue weighted by Crippen LogP contribution is 2.15. The van der Waals surface area contributed by atoms with Gasteiger partial charge >= 0.3 is 0 Å². The first kappa shape index (κ1) is 13.5. The lowest BCUT2D eigenvalue weighted by atomic mass is 10.3. The van der Waals surface area contributed by atoms with Crippen LogP contribution in [0.1, 0.15) is 26.0 Å². The smallest absolute Gasteiger partial charge is 0.154 e. The van der Waals surface area contributed by atoms with Crippen molar-refractivity contribution in [3.05, 3.63) is 18.0 Å². The van der Waals surface area contributed by atoms with Gasteiger partial charge in [0.25, 0.3) is 0 Å². The van der Waals surface area contributed by atoms with Crippen LogP contribution in [0.15, 0.2) is 12.3 Å². The minimum atomic E-state index is -2.89. The molecule has 1 aliphatic heterocycles. The molecule has 0 bridgehead atoms. The molecule has 0 N–H and O–H groups in total. The van der Waals surface area contributed by atoms with Gasteiger partial charge < -0.3 is 0 Å². The Morgan fingerprint density at radius 1 is 1.44 bits per heavy atom. The second-order valence-electron chi connectivity index (χ2n) is 4.88. The lowest BCUT2D eigenvalue weighted by Gasteiger charge is -2.19. The highest BCUT2D eigenvalue weighted by Gasteiger charge is 2.26. The Balaban J connectivity index is 2.03. The van der Waals surface area contributed by atoms with Crippen molar-refractivity contribution in [3.63, 3.8) is 0 Å². The van der Waals surface area contributed by atoms with Gasteiger partial charge in [0.15, 0.2) is 9.84 Å². The maximum Gasteiger partial charge on any atom is 0.154 e. The van der Waals surface area contributed by atoms with E-state index in [1.54, 1.807) is 6.20 Å². The molecule has 0 aliphatic carbocycles. The van der Waals surface area contributed by atoms with E-state index >= 15 is 0 Å². The van der Waals surface area contributed by atoms with E-state index in [9.17, 15) is 8.42 Å². The van der Waals surface area contributed by atoms with Gasteiger partial charge in [0.1, 0.15) is 0 Å². The first-order valence-electron chi connectivity index (χ1n) is 6.47. The quantitative estimate of drug-likeness (QED) is 0.820. The lowest BCUT2D eigenvalue weighted by Crippen LogP contribution is -2.27. The zero-order chi connectivity index (χ0) is 13.2. The van der Waals surface area contributed by atoms with Crippen LogP contribution in [0.25, 0.3) is 0 Å². The van der Waals surface area contributed by atoms with E-state index in [0.29, 0.717) is 6.54 Å². The van der Waals surface area contributed by atoms with E-state index in [1.165, 1.54) is 0 Å². The van der Waals surface area contributed by atoms with Gasteiger partial charge in [-0.3, -0.25) is 9.58 Å². The fraction of sp³-hybridized carbons (Fsp3) is 0.750. The van der Waals surface area contributed by atoms with Crippen molar-refractivity contribution in [2.75, 3.05) is 18.8 Å². The van der Waals surface area contributed by atoms with Crippen molar-refractivity contribution >= 4 is 9.84 Å². The number of nitrogens with zero attached hydrogens (tertiary/aromatic N) is 3. The Hall–Kier alpha value is -0.880. The van der Waals surface area contributed by atoms with Crippen LogP contribution in [0.4, 0.5) is 0 Å².